The summed E-state index contributed by atoms with van der Waals surface area (Å²) in [6, 6.07) is 0. The Morgan fingerprint density at radius 2 is 2.27 bits per heavy atom. The van der Waals surface area contributed by atoms with Gasteiger partial charge in [0, 0.05) is 1.37 Å². The second kappa shape index (κ2) is 7.80. The SMILES string of the molecule is [2H][C@@H](C=C)[C@@H](O)CCCCCC. The van der Waals surface area contributed by atoms with Crippen molar-refractivity contribution in [2.45, 2.75) is 51.5 Å². The van der Waals surface area contributed by atoms with E-state index in [0.717, 1.165) is 19.3 Å². The molecule has 0 aromatic carbocycles. The van der Waals surface area contributed by atoms with Gasteiger partial charge in [-0.2, -0.15) is 0 Å². The van der Waals surface area contributed by atoms with Gasteiger partial charge in [0.25, 0.3) is 0 Å². The third kappa shape index (κ3) is 7.60. The molecule has 0 aromatic rings. The highest BCUT2D eigenvalue weighted by Gasteiger charge is 1.99. The largest absolute Gasteiger partial charge is 0.393 e. The molecule has 1 nitrogen and oxygen atoms in total. The molecule has 0 spiro atoms. The van der Waals surface area contributed by atoms with Crippen LogP contribution in [0.3, 0.4) is 0 Å². The van der Waals surface area contributed by atoms with Gasteiger partial charge in [0.15, 0.2) is 0 Å². The maximum atomic E-state index is 9.36. The van der Waals surface area contributed by atoms with Gasteiger partial charge in [0.1, 0.15) is 0 Å². The van der Waals surface area contributed by atoms with Crippen molar-refractivity contribution >= 4 is 0 Å². The third-order valence-electron chi connectivity index (χ3n) is 1.71. The van der Waals surface area contributed by atoms with Crippen LogP contribution in [-0.2, 0) is 0 Å². The predicted molar refractivity (Wildman–Crippen MR) is 49.6 cm³/mol. The van der Waals surface area contributed by atoms with E-state index < -0.39 is 12.5 Å². The first-order valence-corrected chi connectivity index (χ1v) is 4.45. The van der Waals surface area contributed by atoms with E-state index >= 15 is 0 Å². The molecule has 1 heteroatoms. The maximum Gasteiger partial charge on any atom is 0.0574 e. The average molecular weight is 157 g/mol. The molecule has 0 radical (unpaired) electrons. The van der Waals surface area contributed by atoms with Gasteiger partial charge in [-0.1, -0.05) is 38.7 Å². The van der Waals surface area contributed by atoms with Crippen LogP contribution < -0.4 is 0 Å². The smallest absolute Gasteiger partial charge is 0.0574 e. The lowest BCUT2D eigenvalue weighted by molar-refractivity contribution is 0.164. The predicted octanol–water partition coefficient (Wildman–Crippen LogP) is 2.89. The molecule has 11 heavy (non-hydrogen) atoms. The standard InChI is InChI=1S/C10H20O/c1-3-5-6-7-9-10(11)8-4-2/h4,10-11H,2-3,5-9H2,1H3/t10-/m1/s1/i8D/t8-,10+/m0. The van der Waals surface area contributed by atoms with Crippen molar-refractivity contribution in [3.05, 3.63) is 12.7 Å². The Morgan fingerprint density at radius 3 is 2.82 bits per heavy atom. The van der Waals surface area contributed by atoms with Crippen LogP contribution in [0.15, 0.2) is 12.7 Å². The summed E-state index contributed by atoms with van der Waals surface area (Å²) in [6.07, 6.45) is 5.83. The van der Waals surface area contributed by atoms with Crippen molar-refractivity contribution in [3.63, 3.8) is 0 Å². The minimum Gasteiger partial charge on any atom is -0.393 e. The van der Waals surface area contributed by atoms with Gasteiger partial charge in [-0.15, -0.1) is 6.58 Å². The fourth-order valence-corrected chi connectivity index (χ4v) is 1.03. The molecule has 1 N–H and O–H groups in total. The molecule has 0 fully saturated rings. The molecule has 2 atom stereocenters. The second-order valence-corrected chi connectivity index (χ2v) is 2.84. The van der Waals surface area contributed by atoms with E-state index in [-0.39, 0.29) is 0 Å². The maximum absolute atomic E-state index is 9.36. The molecule has 66 valence electrons. The van der Waals surface area contributed by atoms with Crippen LogP contribution in [0.4, 0.5) is 0 Å². The summed E-state index contributed by atoms with van der Waals surface area (Å²) in [6.45, 7) is 5.64. The molecule has 0 aliphatic rings. The molecular weight excluding hydrogens is 136 g/mol. The summed E-state index contributed by atoms with van der Waals surface area (Å²) >= 11 is 0. The van der Waals surface area contributed by atoms with Crippen LogP contribution in [0.25, 0.3) is 0 Å². The zero-order valence-electron chi connectivity index (χ0n) is 8.42. The number of aliphatic hydroxyl groups is 1. The molecule has 0 aliphatic carbocycles. The molecular formula is C10H20O. The molecule has 0 rings (SSSR count). The minimum absolute atomic E-state index is 0.508. The summed E-state index contributed by atoms with van der Waals surface area (Å²) in [4.78, 5) is 0. The van der Waals surface area contributed by atoms with Crippen LogP contribution in [0, 0.1) is 0 Å². The molecule has 0 bridgehead atoms. The van der Waals surface area contributed by atoms with E-state index in [1.54, 1.807) is 0 Å². The van der Waals surface area contributed by atoms with E-state index in [2.05, 4.69) is 13.5 Å². The van der Waals surface area contributed by atoms with E-state index in [9.17, 15) is 5.11 Å². The van der Waals surface area contributed by atoms with Crippen LogP contribution in [-0.4, -0.2) is 11.2 Å². The van der Waals surface area contributed by atoms with Gasteiger partial charge in [-0.3, -0.25) is 0 Å². The average Bonchev–Trinajstić information content (AvgIpc) is 2.10. The van der Waals surface area contributed by atoms with Crippen LogP contribution in [0.2, 0.25) is 0 Å². The first-order valence-electron chi connectivity index (χ1n) is 5.03. The highest BCUT2D eigenvalue weighted by molar-refractivity contribution is 4.71. The lowest BCUT2D eigenvalue weighted by Crippen LogP contribution is -2.03. The van der Waals surface area contributed by atoms with Gasteiger partial charge in [-0.25, -0.2) is 0 Å². The zero-order chi connectivity index (χ0) is 9.40. The van der Waals surface area contributed by atoms with Gasteiger partial charge in [0.2, 0.25) is 0 Å². The Kier molecular flexibility index (Phi) is 6.24. The molecule has 0 aliphatic heterocycles. The number of hydrogen-bond donors (Lipinski definition) is 1. The van der Waals surface area contributed by atoms with Gasteiger partial charge in [-0.05, 0) is 12.8 Å². The Morgan fingerprint density at radius 1 is 1.55 bits per heavy atom. The van der Waals surface area contributed by atoms with E-state index in [0.29, 0.717) is 0 Å². The number of hydrogen-bond acceptors (Lipinski definition) is 1. The van der Waals surface area contributed by atoms with Gasteiger partial charge >= 0.3 is 0 Å². The van der Waals surface area contributed by atoms with Crippen molar-refractivity contribution in [3.8, 4) is 0 Å². The summed E-state index contributed by atoms with van der Waals surface area (Å²) in [7, 11) is 0. The quantitative estimate of drug-likeness (QED) is 0.445. The molecule has 0 saturated carbocycles. The topological polar surface area (TPSA) is 20.2 Å². The minimum atomic E-state index is -0.514. The first-order chi connectivity index (χ1) is 5.72. The molecule has 0 saturated heterocycles. The number of rotatable bonds is 7. The van der Waals surface area contributed by atoms with Crippen LogP contribution >= 0.6 is 0 Å². The highest BCUT2D eigenvalue weighted by atomic mass is 16.3. The molecule has 0 unspecified atom stereocenters. The monoisotopic (exact) mass is 157 g/mol. The Bertz CT molecular complexity index is 114. The summed E-state index contributed by atoms with van der Waals surface area (Å²) < 4.78 is 7.34. The lowest BCUT2D eigenvalue weighted by atomic mass is 10.1. The van der Waals surface area contributed by atoms with E-state index in [4.69, 9.17) is 1.37 Å². The number of aliphatic hydroxyl groups excluding tert-OH is 1. The highest BCUT2D eigenvalue weighted by Crippen LogP contribution is 2.07. The third-order valence-corrected chi connectivity index (χ3v) is 1.71. The van der Waals surface area contributed by atoms with Crippen molar-refractivity contribution in [2.24, 2.45) is 0 Å². The second-order valence-electron chi connectivity index (χ2n) is 2.84. The van der Waals surface area contributed by atoms with Gasteiger partial charge < -0.3 is 5.11 Å². The fourth-order valence-electron chi connectivity index (χ4n) is 1.03. The summed E-state index contributed by atoms with van der Waals surface area (Å²) in [5.74, 6) is 0. The lowest BCUT2D eigenvalue weighted by Gasteiger charge is -2.06. The Balaban J connectivity index is 3.30. The number of unbranched alkanes of at least 4 members (excludes halogenated alkanes) is 3. The van der Waals surface area contributed by atoms with E-state index in [1.807, 2.05) is 0 Å². The Hall–Kier alpha value is -0.300. The zero-order valence-corrected chi connectivity index (χ0v) is 7.42. The van der Waals surface area contributed by atoms with Crippen LogP contribution in [0.5, 0.6) is 0 Å². The summed E-state index contributed by atoms with van der Waals surface area (Å²) in [5.41, 5.74) is 0. The fraction of sp³-hybridized carbons (Fsp3) is 0.800. The van der Waals surface area contributed by atoms with Crippen molar-refractivity contribution in [2.75, 3.05) is 0 Å². The molecule has 0 heterocycles. The van der Waals surface area contributed by atoms with Crippen molar-refractivity contribution < 1.29 is 6.48 Å². The Labute approximate surface area is 71.5 Å². The first kappa shape index (κ1) is 8.79. The van der Waals surface area contributed by atoms with Gasteiger partial charge in [0.05, 0.1) is 6.10 Å². The van der Waals surface area contributed by atoms with Crippen molar-refractivity contribution in [1.82, 2.24) is 0 Å². The van der Waals surface area contributed by atoms with Crippen molar-refractivity contribution in [1.29, 1.82) is 0 Å². The molecule has 0 amide bonds. The van der Waals surface area contributed by atoms with Crippen LogP contribution in [0.1, 0.15) is 46.8 Å². The van der Waals surface area contributed by atoms with E-state index in [1.165, 1.54) is 18.9 Å². The summed E-state index contributed by atoms with van der Waals surface area (Å²) in [5, 5.41) is 9.36. The normalized spacial score (nSPS) is 17.1. The molecule has 0 aromatic heterocycles.